The Morgan fingerprint density at radius 3 is 2.53 bits per heavy atom. The summed E-state index contributed by atoms with van der Waals surface area (Å²) < 4.78 is 28.8. The average molecular weight is 438 g/mol. The third kappa shape index (κ3) is 6.48. The van der Waals surface area contributed by atoms with Crippen LogP contribution >= 0.6 is 0 Å². The second-order valence-electron chi connectivity index (χ2n) is 7.59. The Labute approximate surface area is 191 Å². The second kappa shape index (κ2) is 11.2. The summed E-state index contributed by atoms with van der Waals surface area (Å²) >= 11 is 0. The Hall–Kier alpha value is -3.54. The first kappa shape index (κ1) is 20.4. The number of carboxylic acid groups (broad SMARTS) is 1. The van der Waals surface area contributed by atoms with Gasteiger partial charge in [0.1, 0.15) is 11.5 Å². The van der Waals surface area contributed by atoms with Crippen molar-refractivity contribution in [1.82, 2.24) is 4.90 Å². The average Bonchev–Trinajstić information content (AvgIpc) is 3.36. The van der Waals surface area contributed by atoms with Crippen LogP contribution in [0.15, 0.2) is 71.3 Å². The van der Waals surface area contributed by atoms with Gasteiger partial charge in [0.05, 0.1) is 15.1 Å². The van der Waals surface area contributed by atoms with Crippen LogP contribution in [0.1, 0.15) is 51.3 Å². The lowest BCUT2D eigenvalue weighted by Crippen LogP contribution is -2.26. The van der Waals surface area contributed by atoms with Gasteiger partial charge < -0.3 is 19.2 Å². The van der Waals surface area contributed by atoms with E-state index >= 15 is 0 Å². The molecule has 0 aliphatic heterocycles. The van der Waals surface area contributed by atoms with Crippen LogP contribution in [-0.4, -0.2) is 35.0 Å². The lowest BCUT2D eigenvalue weighted by atomic mass is 10.1. The van der Waals surface area contributed by atoms with Crippen molar-refractivity contribution < 1.29 is 26.6 Å². The fourth-order valence-corrected chi connectivity index (χ4v) is 3.29. The van der Waals surface area contributed by atoms with E-state index in [-0.39, 0.29) is 18.1 Å². The number of rotatable bonds is 11. The van der Waals surface area contributed by atoms with Gasteiger partial charge in [0.15, 0.2) is 0 Å². The molecule has 0 spiro atoms. The van der Waals surface area contributed by atoms with Crippen LogP contribution in [-0.2, 0) is 11.3 Å². The number of benzene rings is 2. The van der Waals surface area contributed by atoms with Crippen LogP contribution in [0.3, 0.4) is 0 Å². The zero-order valence-corrected chi connectivity index (χ0v) is 18.3. The standard InChI is InChI=1S/C26H29NO5/c1-19(8-3-6-12-25(28)29)32-24-10-5-4-9-22(24)18-27(2)26(30)21-15-13-20(14-16-21)23-11-7-17-31-23/h4-5,7,9-11,13-17,19H,3,6,8,12,18H2,1-2H3,(H,28,29)/i18D2. The topological polar surface area (TPSA) is 80.0 Å². The maximum absolute atomic E-state index is 13.1. The molecule has 0 fully saturated rings. The lowest BCUT2D eigenvalue weighted by molar-refractivity contribution is -0.137. The number of amides is 1. The van der Waals surface area contributed by atoms with Gasteiger partial charge in [-0.25, -0.2) is 0 Å². The normalized spacial score (nSPS) is 13.1. The number of carboxylic acids is 1. The number of hydrogen-bond donors (Lipinski definition) is 1. The summed E-state index contributed by atoms with van der Waals surface area (Å²) in [4.78, 5) is 24.8. The Morgan fingerprint density at radius 2 is 1.84 bits per heavy atom. The highest BCUT2D eigenvalue weighted by atomic mass is 16.5. The van der Waals surface area contributed by atoms with E-state index in [1.54, 1.807) is 60.9 Å². The number of ether oxygens (including phenoxy) is 1. The molecular weight excluding hydrogens is 406 g/mol. The van der Waals surface area contributed by atoms with Crippen LogP contribution in [0.2, 0.25) is 0 Å². The van der Waals surface area contributed by atoms with Gasteiger partial charge in [-0.15, -0.1) is 0 Å². The number of unbranched alkanes of at least 4 members (excludes halogenated alkanes) is 1. The molecule has 1 amide bonds. The maximum atomic E-state index is 13.1. The fraction of sp³-hybridized carbons (Fsp3) is 0.308. The van der Waals surface area contributed by atoms with E-state index in [2.05, 4.69) is 0 Å². The first-order valence-electron chi connectivity index (χ1n) is 11.6. The molecule has 6 heteroatoms. The van der Waals surface area contributed by atoms with Crippen LogP contribution in [0, 0.1) is 0 Å². The van der Waals surface area contributed by atoms with Crippen LogP contribution < -0.4 is 4.74 Å². The highest BCUT2D eigenvalue weighted by Crippen LogP contribution is 2.24. The predicted molar refractivity (Wildman–Crippen MR) is 123 cm³/mol. The molecule has 0 radical (unpaired) electrons. The molecule has 0 saturated heterocycles. The summed E-state index contributed by atoms with van der Waals surface area (Å²) in [5.74, 6) is -0.250. The van der Waals surface area contributed by atoms with E-state index in [9.17, 15) is 9.59 Å². The third-order valence-corrected chi connectivity index (χ3v) is 5.00. The molecule has 1 N–H and O–H groups in total. The molecule has 1 heterocycles. The van der Waals surface area contributed by atoms with Gasteiger partial charge in [0.25, 0.3) is 5.91 Å². The van der Waals surface area contributed by atoms with E-state index in [1.807, 2.05) is 13.0 Å². The number of hydrogen-bond acceptors (Lipinski definition) is 4. The smallest absolute Gasteiger partial charge is 0.303 e. The molecule has 3 aromatic rings. The summed E-state index contributed by atoms with van der Waals surface area (Å²) in [6, 6.07) is 17.2. The molecule has 0 aliphatic rings. The van der Waals surface area contributed by atoms with E-state index in [1.165, 1.54) is 7.05 Å². The third-order valence-electron chi connectivity index (χ3n) is 5.00. The van der Waals surface area contributed by atoms with Gasteiger partial charge in [0.2, 0.25) is 0 Å². The molecule has 0 aliphatic carbocycles. The number of carbonyl (C=O) groups excluding carboxylic acids is 1. The predicted octanol–water partition coefficient (Wildman–Crippen LogP) is 5.63. The van der Waals surface area contributed by atoms with Crippen molar-refractivity contribution in [1.29, 1.82) is 0 Å². The summed E-state index contributed by atoms with van der Waals surface area (Å²) in [7, 11) is 1.43. The minimum Gasteiger partial charge on any atom is -0.490 e. The van der Waals surface area contributed by atoms with Crippen molar-refractivity contribution in [3.8, 4) is 17.1 Å². The SMILES string of the molecule is [2H]C([2H])(c1ccccc1OC(C)CCCCC(=O)O)N(C)C(=O)c1ccc(-c2ccco2)cc1. The monoisotopic (exact) mass is 437 g/mol. The molecule has 168 valence electrons. The maximum Gasteiger partial charge on any atom is 0.303 e. The quantitative estimate of drug-likeness (QED) is 0.393. The number of carbonyl (C=O) groups is 2. The van der Waals surface area contributed by atoms with Gasteiger partial charge in [-0.05, 0) is 56.5 Å². The Balaban J connectivity index is 1.72. The second-order valence-corrected chi connectivity index (χ2v) is 7.59. The number of para-hydroxylation sites is 1. The Morgan fingerprint density at radius 1 is 1.09 bits per heavy atom. The molecule has 0 saturated carbocycles. The van der Waals surface area contributed by atoms with E-state index in [4.69, 9.17) is 17.0 Å². The summed E-state index contributed by atoms with van der Waals surface area (Å²) in [6.45, 7) is -0.265. The van der Waals surface area contributed by atoms with Gasteiger partial charge >= 0.3 is 5.97 Å². The zero-order valence-electron chi connectivity index (χ0n) is 20.3. The molecule has 1 aromatic heterocycles. The van der Waals surface area contributed by atoms with Crippen molar-refractivity contribution >= 4 is 11.9 Å². The highest BCUT2D eigenvalue weighted by molar-refractivity contribution is 5.94. The van der Waals surface area contributed by atoms with E-state index in [0.29, 0.717) is 36.3 Å². The molecule has 1 atom stereocenters. The van der Waals surface area contributed by atoms with Crippen LogP contribution in [0.25, 0.3) is 11.3 Å². The fourth-order valence-electron chi connectivity index (χ4n) is 3.29. The number of aliphatic carboxylic acids is 1. The van der Waals surface area contributed by atoms with Crippen LogP contribution in [0.5, 0.6) is 5.75 Å². The molecular formula is C26H29NO5. The summed E-state index contributed by atoms with van der Waals surface area (Å²) in [6.07, 6.45) is 3.34. The van der Waals surface area contributed by atoms with Gasteiger partial charge in [-0.1, -0.05) is 30.3 Å². The summed E-state index contributed by atoms with van der Waals surface area (Å²) in [5.41, 5.74) is 1.42. The highest BCUT2D eigenvalue weighted by Gasteiger charge is 2.16. The lowest BCUT2D eigenvalue weighted by Gasteiger charge is -2.21. The Kier molecular flexibility index (Phi) is 7.12. The zero-order chi connectivity index (χ0) is 24.7. The van der Waals surface area contributed by atoms with E-state index in [0.717, 1.165) is 10.5 Å². The Bertz CT molecular complexity index is 1100. The van der Waals surface area contributed by atoms with Crippen molar-refractivity contribution in [3.05, 3.63) is 78.1 Å². The van der Waals surface area contributed by atoms with Gasteiger partial charge in [-0.2, -0.15) is 0 Å². The van der Waals surface area contributed by atoms with Crippen molar-refractivity contribution in [2.45, 2.75) is 45.2 Å². The van der Waals surface area contributed by atoms with Gasteiger partial charge in [0, 0.05) is 36.7 Å². The van der Waals surface area contributed by atoms with Crippen molar-refractivity contribution in [3.63, 3.8) is 0 Å². The molecule has 32 heavy (non-hydrogen) atoms. The van der Waals surface area contributed by atoms with Crippen LogP contribution in [0.4, 0.5) is 0 Å². The largest absolute Gasteiger partial charge is 0.490 e. The molecule has 1 unspecified atom stereocenters. The minimum absolute atomic E-state index is 0.112. The first-order chi connectivity index (χ1) is 16.2. The molecule has 3 rings (SSSR count). The van der Waals surface area contributed by atoms with Crippen molar-refractivity contribution in [2.24, 2.45) is 0 Å². The minimum atomic E-state index is -2.13. The van der Waals surface area contributed by atoms with Gasteiger partial charge in [-0.3, -0.25) is 9.59 Å². The van der Waals surface area contributed by atoms with E-state index < -0.39 is 18.4 Å². The molecule has 6 nitrogen and oxygen atoms in total. The number of nitrogens with zero attached hydrogens (tertiary/aromatic N) is 1. The van der Waals surface area contributed by atoms with Crippen molar-refractivity contribution in [2.75, 3.05) is 7.05 Å². The molecule has 0 bridgehead atoms. The number of furan rings is 1. The first-order valence-corrected chi connectivity index (χ1v) is 10.6. The summed E-state index contributed by atoms with van der Waals surface area (Å²) in [5, 5.41) is 8.77. The molecule has 2 aromatic carbocycles.